The zero-order valence-corrected chi connectivity index (χ0v) is 21.9. The van der Waals surface area contributed by atoms with Crippen LogP contribution in [0.4, 0.5) is 22.6 Å². The minimum Gasteiger partial charge on any atom is -0.459 e. The number of hydrogen-bond donors (Lipinski definition) is 1. The molecule has 1 amide bonds. The molecule has 1 aromatic carbocycles. The van der Waals surface area contributed by atoms with E-state index in [-0.39, 0.29) is 33.7 Å². The molecular weight excluding hydrogens is 536 g/mol. The molecule has 1 aliphatic rings. The van der Waals surface area contributed by atoms with Crippen molar-refractivity contribution in [2.24, 2.45) is 0 Å². The van der Waals surface area contributed by atoms with Gasteiger partial charge >= 0.3 is 12.1 Å². The summed E-state index contributed by atoms with van der Waals surface area (Å²) in [5, 5.41) is 6.86. The van der Waals surface area contributed by atoms with Crippen molar-refractivity contribution in [3.8, 4) is 11.3 Å². The predicted octanol–water partition coefficient (Wildman–Crippen LogP) is 6.70. The van der Waals surface area contributed by atoms with Crippen molar-refractivity contribution in [3.63, 3.8) is 0 Å². The van der Waals surface area contributed by atoms with Crippen molar-refractivity contribution in [2.75, 3.05) is 5.32 Å². The highest BCUT2D eigenvalue weighted by molar-refractivity contribution is 7.17. The number of ether oxygens (including phenoxy) is 1. The van der Waals surface area contributed by atoms with E-state index in [1.807, 2.05) is 6.92 Å². The lowest BCUT2D eigenvalue weighted by Crippen LogP contribution is -2.19. The minimum atomic E-state index is -4.81. The van der Waals surface area contributed by atoms with Gasteiger partial charge in [0.25, 0.3) is 5.91 Å². The van der Waals surface area contributed by atoms with Gasteiger partial charge in [-0.1, -0.05) is 6.92 Å². The van der Waals surface area contributed by atoms with Crippen LogP contribution >= 0.6 is 11.3 Å². The minimum absolute atomic E-state index is 0.0531. The maximum atomic E-state index is 13.9. The molecule has 0 saturated carbocycles. The number of rotatable bonds is 6. The molecular formula is C27H24F4N4O3S. The number of carbonyl (C=O) groups is 2. The molecule has 0 spiro atoms. The van der Waals surface area contributed by atoms with Gasteiger partial charge in [0.15, 0.2) is 17.0 Å². The van der Waals surface area contributed by atoms with Crippen LogP contribution in [0.15, 0.2) is 36.4 Å². The fraction of sp³-hybridized carbons (Fsp3) is 0.333. The van der Waals surface area contributed by atoms with Crippen LogP contribution in [-0.4, -0.2) is 32.6 Å². The smallest absolute Gasteiger partial charge is 0.433 e. The molecule has 0 aliphatic heterocycles. The molecule has 0 fully saturated rings. The van der Waals surface area contributed by atoms with Crippen molar-refractivity contribution in [1.29, 1.82) is 0 Å². The average Bonchev–Trinajstić information content (AvgIpc) is 3.49. The Kier molecular flexibility index (Phi) is 7.15. The molecule has 3 aromatic heterocycles. The van der Waals surface area contributed by atoms with Crippen LogP contribution in [0.1, 0.15) is 70.1 Å². The zero-order valence-electron chi connectivity index (χ0n) is 21.1. The van der Waals surface area contributed by atoms with Crippen molar-refractivity contribution in [2.45, 2.75) is 58.2 Å². The number of fused-ring (bicyclic) bond motifs is 2. The highest BCUT2D eigenvalue weighted by Crippen LogP contribution is 2.39. The van der Waals surface area contributed by atoms with Gasteiger partial charge in [-0.15, -0.1) is 11.3 Å². The third kappa shape index (κ3) is 5.38. The second kappa shape index (κ2) is 10.4. The van der Waals surface area contributed by atoms with Crippen LogP contribution in [0, 0.1) is 5.82 Å². The number of carbonyl (C=O) groups excluding carboxylic acids is 2. The van der Waals surface area contributed by atoms with Gasteiger partial charge in [0.1, 0.15) is 10.8 Å². The second-order valence-electron chi connectivity index (χ2n) is 9.32. The standard InChI is InChI=1S/C27H24F4N4O3S/c1-3-14(2)38-26(37)23-17-6-4-5-7-20(17)39-25(23)33-24(36)19-13-22-32-18(15-8-10-16(28)11-9-15)12-21(27(29,30)31)35(22)34-19/h8-14H,3-7H2,1-2H3,(H,33,36). The van der Waals surface area contributed by atoms with Crippen molar-refractivity contribution in [1.82, 2.24) is 14.6 Å². The molecule has 1 N–H and O–H groups in total. The summed E-state index contributed by atoms with van der Waals surface area (Å²) in [5.74, 6) is -1.87. The molecule has 0 radical (unpaired) electrons. The van der Waals surface area contributed by atoms with Gasteiger partial charge in [-0.25, -0.2) is 18.7 Å². The number of thiophene rings is 1. The molecule has 0 bridgehead atoms. The number of nitrogens with zero attached hydrogens (tertiary/aromatic N) is 3. The van der Waals surface area contributed by atoms with Gasteiger partial charge in [-0.3, -0.25) is 4.79 Å². The average molecular weight is 561 g/mol. The van der Waals surface area contributed by atoms with Crippen LogP contribution in [0.25, 0.3) is 16.9 Å². The third-order valence-electron chi connectivity index (χ3n) is 6.58. The molecule has 204 valence electrons. The third-order valence-corrected chi connectivity index (χ3v) is 7.78. The molecule has 7 nitrogen and oxygen atoms in total. The van der Waals surface area contributed by atoms with E-state index in [9.17, 15) is 27.2 Å². The highest BCUT2D eigenvalue weighted by Gasteiger charge is 2.36. The molecule has 5 rings (SSSR count). The van der Waals surface area contributed by atoms with Crippen molar-refractivity contribution in [3.05, 3.63) is 69.6 Å². The summed E-state index contributed by atoms with van der Waals surface area (Å²) in [4.78, 5) is 31.5. The van der Waals surface area contributed by atoms with Gasteiger partial charge in [0.05, 0.1) is 17.4 Å². The fourth-order valence-electron chi connectivity index (χ4n) is 4.42. The topological polar surface area (TPSA) is 85.6 Å². The van der Waals surface area contributed by atoms with Gasteiger partial charge in [0, 0.05) is 16.5 Å². The van der Waals surface area contributed by atoms with E-state index in [4.69, 9.17) is 4.74 Å². The molecule has 0 saturated heterocycles. The number of aromatic nitrogens is 3. The first kappa shape index (κ1) is 26.8. The molecule has 1 unspecified atom stereocenters. The maximum absolute atomic E-state index is 13.9. The monoisotopic (exact) mass is 560 g/mol. The molecule has 1 aliphatic carbocycles. The number of anilines is 1. The Labute approximate surface area is 224 Å². The number of esters is 1. The summed E-state index contributed by atoms with van der Waals surface area (Å²) in [7, 11) is 0. The second-order valence-corrected chi connectivity index (χ2v) is 10.4. The Hall–Kier alpha value is -3.80. The first-order valence-electron chi connectivity index (χ1n) is 12.5. The quantitative estimate of drug-likeness (QED) is 0.210. The summed E-state index contributed by atoms with van der Waals surface area (Å²) in [6, 6.07) is 6.81. The molecule has 4 aromatic rings. The Morgan fingerprint density at radius 1 is 1.15 bits per heavy atom. The van der Waals surface area contributed by atoms with Crippen molar-refractivity contribution < 1.29 is 31.9 Å². The fourth-order valence-corrected chi connectivity index (χ4v) is 5.69. The summed E-state index contributed by atoms with van der Waals surface area (Å²) in [5.41, 5.74) is -0.314. The van der Waals surface area contributed by atoms with Gasteiger partial charge in [-0.2, -0.15) is 18.3 Å². The van der Waals surface area contributed by atoms with E-state index in [1.54, 1.807) is 6.92 Å². The molecule has 3 heterocycles. The Balaban J connectivity index is 1.52. The number of amides is 1. The van der Waals surface area contributed by atoms with Crippen molar-refractivity contribution >= 4 is 33.9 Å². The van der Waals surface area contributed by atoms with E-state index in [1.165, 1.54) is 23.5 Å². The maximum Gasteiger partial charge on any atom is 0.433 e. The van der Waals surface area contributed by atoms with Crippen LogP contribution in [0.5, 0.6) is 0 Å². The Morgan fingerprint density at radius 2 is 1.87 bits per heavy atom. The molecule has 1 atom stereocenters. The summed E-state index contributed by atoms with van der Waals surface area (Å²) >= 11 is 1.27. The molecule has 12 heteroatoms. The SMILES string of the molecule is CCC(C)OC(=O)c1c(NC(=O)c2cc3nc(-c4ccc(F)cc4)cc(C(F)(F)F)n3n2)sc2c1CCCC2. The zero-order chi connectivity index (χ0) is 27.9. The van der Waals surface area contributed by atoms with Crippen LogP contribution in [0.2, 0.25) is 0 Å². The predicted molar refractivity (Wildman–Crippen MR) is 137 cm³/mol. The first-order chi connectivity index (χ1) is 18.5. The number of aryl methyl sites for hydroxylation is 1. The van der Waals surface area contributed by atoms with Crippen LogP contribution in [-0.2, 0) is 23.8 Å². The summed E-state index contributed by atoms with van der Waals surface area (Å²) in [6.07, 6.45) is -1.22. The van der Waals surface area contributed by atoms with Gasteiger partial charge in [0.2, 0.25) is 0 Å². The summed E-state index contributed by atoms with van der Waals surface area (Å²) < 4.78 is 61.3. The number of benzene rings is 1. The normalized spacial score (nSPS) is 14.2. The largest absolute Gasteiger partial charge is 0.459 e. The molecule has 39 heavy (non-hydrogen) atoms. The number of hydrogen-bond acceptors (Lipinski definition) is 6. The Morgan fingerprint density at radius 3 is 2.56 bits per heavy atom. The first-order valence-corrected chi connectivity index (χ1v) is 13.3. The number of alkyl halides is 3. The Bertz CT molecular complexity index is 1560. The van der Waals surface area contributed by atoms with Crippen LogP contribution in [0.3, 0.4) is 0 Å². The van der Waals surface area contributed by atoms with E-state index in [2.05, 4.69) is 15.4 Å². The number of nitrogens with one attached hydrogen (secondary N) is 1. The van der Waals surface area contributed by atoms with Gasteiger partial charge in [-0.05, 0) is 74.9 Å². The van der Waals surface area contributed by atoms with E-state index >= 15 is 0 Å². The van der Waals surface area contributed by atoms with Crippen LogP contribution < -0.4 is 5.32 Å². The lowest BCUT2D eigenvalue weighted by Gasteiger charge is -2.15. The van der Waals surface area contributed by atoms with Gasteiger partial charge < -0.3 is 10.1 Å². The van der Waals surface area contributed by atoms with E-state index in [0.717, 1.165) is 54.0 Å². The van der Waals surface area contributed by atoms with E-state index < -0.39 is 29.6 Å². The van der Waals surface area contributed by atoms with E-state index in [0.29, 0.717) is 22.9 Å². The number of halogens is 4. The lowest BCUT2D eigenvalue weighted by atomic mass is 9.95. The lowest BCUT2D eigenvalue weighted by molar-refractivity contribution is -0.142. The highest BCUT2D eigenvalue weighted by atomic mass is 32.1. The summed E-state index contributed by atoms with van der Waals surface area (Å²) in [6.45, 7) is 3.66.